The zero-order valence-corrected chi connectivity index (χ0v) is 11.4. The first-order valence-corrected chi connectivity index (χ1v) is 7.04. The molecule has 21 heavy (non-hydrogen) atoms. The van der Waals surface area contributed by atoms with Gasteiger partial charge in [0.2, 0.25) is 5.89 Å². The minimum absolute atomic E-state index is 0.0727. The Hall–Kier alpha value is -2.29. The number of fused-ring (bicyclic) bond motifs is 1. The van der Waals surface area contributed by atoms with E-state index < -0.39 is 0 Å². The normalized spacial score (nSPS) is 21.5. The summed E-state index contributed by atoms with van der Waals surface area (Å²) in [4.78, 5) is 18.3. The van der Waals surface area contributed by atoms with Gasteiger partial charge < -0.3 is 19.3 Å². The fraction of sp³-hybridized carbons (Fsp3) is 0.583. The van der Waals surface area contributed by atoms with E-state index >= 15 is 0 Å². The van der Waals surface area contributed by atoms with Gasteiger partial charge in [0.1, 0.15) is 6.33 Å². The summed E-state index contributed by atoms with van der Waals surface area (Å²) in [7, 11) is 0. The molecular weight excluding hydrogens is 274 g/mol. The summed E-state index contributed by atoms with van der Waals surface area (Å²) < 4.78 is 7.15. The van der Waals surface area contributed by atoms with Crippen LogP contribution < -0.4 is 5.32 Å². The van der Waals surface area contributed by atoms with Crippen LogP contribution in [0.4, 0.5) is 0 Å². The van der Waals surface area contributed by atoms with E-state index in [1.54, 1.807) is 11.2 Å². The largest absolute Gasteiger partial charge is 0.337 e. The van der Waals surface area contributed by atoms with E-state index in [1.807, 2.05) is 4.57 Å². The lowest BCUT2D eigenvalue weighted by atomic mass is 10.2. The molecule has 2 aromatic heterocycles. The lowest BCUT2D eigenvalue weighted by Gasteiger charge is -2.25. The highest BCUT2D eigenvalue weighted by Crippen LogP contribution is 2.21. The smallest absolute Gasteiger partial charge is 0.295 e. The standard InChI is InChI=1S/C12H15N7O2/c20-12(18-4-5-19-7-14-16-9(19)6-18)10-15-11(21-17-10)8-2-1-3-13-8/h7-8,13H,1-6H2. The van der Waals surface area contributed by atoms with Crippen LogP contribution >= 0.6 is 0 Å². The van der Waals surface area contributed by atoms with Crippen LogP contribution in [0.1, 0.15) is 41.2 Å². The van der Waals surface area contributed by atoms with Crippen LogP contribution in [0.25, 0.3) is 0 Å². The van der Waals surface area contributed by atoms with Crippen LogP contribution in [-0.2, 0) is 13.1 Å². The third-order valence-corrected chi connectivity index (χ3v) is 3.92. The Labute approximate surface area is 120 Å². The van der Waals surface area contributed by atoms with Gasteiger partial charge in [0.25, 0.3) is 11.7 Å². The molecule has 110 valence electrons. The van der Waals surface area contributed by atoms with Crippen molar-refractivity contribution in [3.05, 3.63) is 23.9 Å². The van der Waals surface area contributed by atoms with Crippen LogP contribution in [0.5, 0.6) is 0 Å². The minimum Gasteiger partial charge on any atom is -0.337 e. The van der Waals surface area contributed by atoms with Gasteiger partial charge in [-0.2, -0.15) is 4.98 Å². The number of nitrogens with one attached hydrogen (secondary N) is 1. The van der Waals surface area contributed by atoms with Gasteiger partial charge in [-0.15, -0.1) is 10.2 Å². The maximum atomic E-state index is 12.4. The van der Waals surface area contributed by atoms with Gasteiger partial charge in [0.15, 0.2) is 5.82 Å². The molecule has 1 saturated heterocycles. The third kappa shape index (κ3) is 2.19. The van der Waals surface area contributed by atoms with Gasteiger partial charge in [0, 0.05) is 13.1 Å². The zero-order chi connectivity index (χ0) is 14.2. The SMILES string of the molecule is O=C(c1noc(C2CCCN2)n1)N1CCn2cnnc2C1. The third-order valence-electron chi connectivity index (χ3n) is 3.92. The Kier molecular flexibility index (Phi) is 2.92. The lowest BCUT2D eigenvalue weighted by Crippen LogP contribution is -2.38. The number of rotatable bonds is 2. The average molecular weight is 289 g/mol. The molecule has 0 radical (unpaired) electrons. The average Bonchev–Trinajstić information content (AvgIpc) is 3.24. The maximum absolute atomic E-state index is 12.4. The minimum atomic E-state index is -0.225. The van der Waals surface area contributed by atoms with Gasteiger partial charge in [-0.1, -0.05) is 5.16 Å². The Balaban J connectivity index is 1.50. The maximum Gasteiger partial charge on any atom is 0.295 e. The van der Waals surface area contributed by atoms with Crippen molar-refractivity contribution in [2.75, 3.05) is 13.1 Å². The summed E-state index contributed by atoms with van der Waals surface area (Å²) in [5, 5.41) is 14.9. The van der Waals surface area contributed by atoms with Crippen molar-refractivity contribution >= 4 is 5.91 Å². The van der Waals surface area contributed by atoms with Crippen LogP contribution in [-0.4, -0.2) is 48.8 Å². The quantitative estimate of drug-likeness (QED) is 0.812. The summed E-state index contributed by atoms with van der Waals surface area (Å²) in [5.41, 5.74) is 0. The Morgan fingerprint density at radius 2 is 2.38 bits per heavy atom. The summed E-state index contributed by atoms with van der Waals surface area (Å²) in [6.45, 7) is 2.64. The van der Waals surface area contributed by atoms with Gasteiger partial charge in [-0.25, -0.2) is 0 Å². The van der Waals surface area contributed by atoms with Crippen molar-refractivity contribution in [2.24, 2.45) is 0 Å². The zero-order valence-electron chi connectivity index (χ0n) is 11.4. The van der Waals surface area contributed by atoms with E-state index in [0.717, 1.165) is 25.2 Å². The highest BCUT2D eigenvalue weighted by molar-refractivity contribution is 5.90. The van der Waals surface area contributed by atoms with Crippen molar-refractivity contribution in [1.82, 2.24) is 35.1 Å². The number of nitrogens with zero attached hydrogens (tertiary/aromatic N) is 6. The second kappa shape index (κ2) is 4.92. The van der Waals surface area contributed by atoms with Crippen LogP contribution in [0.15, 0.2) is 10.9 Å². The Morgan fingerprint density at radius 1 is 1.43 bits per heavy atom. The summed E-state index contributed by atoms with van der Waals surface area (Å²) in [6.07, 6.45) is 3.72. The highest BCUT2D eigenvalue weighted by atomic mass is 16.5. The summed E-state index contributed by atoms with van der Waals surface area (Å²) >= 11 is 0. The molecule has 1 fully saturated rings. The molecule has 1 N–H and O–H groups in total. The molecule has 0 spiro atoms. The van der Waals surface area contributed by atoms with Gasteiger partial charge in [-0.3, -0.25) is 4.79 Å². The number of amides is 1. The lowest BCUT2D eigenvalue weighted by molar-refractivity contribution is 0.0691. The van der Waals surface area contributed by atoms with Gasteiger partial charge >= 0.3 is 0 Å². The Morgan fingerprint density at radius 3 is 3.24 bits per heavy atom. The summed E-state index contributed by atoms with van der Waals surface area (Å²) in [6, 6.07) is 0.0727. The molecule has 2 aliphatic rings. The van der Waals surface area contributed by atoms with Crippen molar-refractivity contribution < 1.29 is 9.32 Å². The molecule has 4 rings (SSSR count). The first kappa shape index (κ1) is 12.5. The van der Waals surface area contributed by atoms with Crippen molar-refractivity contribution in [3.63, 3.8) is 0 Å². The molecule has 2 aromatic rings. The first-order chi connectivity index (χ1) is 10.3. The first-order valence-electron chi connectivity index (χ1n) is 7.04. The second-order valence-electron chi connectivity index (χ2n) is 5.27. The van der Waals surface area contributed by atoms with Crippen LogP contribution in [0, 0.1) is 0 Å². The fourth-order valence-corrected chi connectivity index (χ4v) is 2.74. The van der Waals surface area contributed by atoms with E-state index in [-0.39, 0.29) is 17.8 Å². The molecule has 4 heterocycles. The number of hydrogen-bond donors (Lipinski definition) is 1. The molecule has 0 saturated carbocycles. The monoisotopic (exact) mass is 289 g/mol. The van der Waals surface area contributed by atoms with Crippen LogP contribution in [0.3, 0.4) is 0 Å². The molecular formula is C12H15N7O2. The summed E-state index contributed by atoms with van der Waals surface area (Å²) in [5.74, 6) is 1.16. The van der Waals surface area contributed by atoms with Crippen molar-refractivity contribution in [2.45, 2.75) is 32.0 Å². The number of carbonyl (C=O) groups is 1. The molecule has 9 heteroatoms. The van der Waals surface area contributed by atoms with Gasteiger partial charge in [-0.05, 0) is 19.4 Å². The topological polar surface area (TPSA) is 102 Å². The molecule has 1 unspecified atom stereocenters. The van der Waals surface area contributed by atoms with Crippen molar-refractivity contribution in [3.8, 4) is 0 Å². The van der Waals surface area contributed by atoms with Crippen molar-refractivity contribution in [1.29, 1.82) is 0 Å². The molecule has 0 bridgehead atoms. The molecule has 2 aliphatic heterocycles. The van der Waals surface area contributed by atoms with Crippen LogP contribution in [0.2, 0.25) is 0 Å². The predicted molar refractivity (Wildman–Crippen MR) is 69.0 cm³/mol. The number of aromatic nitrogens is 5. The number of hydrogen-bond acceptors (Lipinski definition) is 7. The van der Waals surface area contributed by atoms with E-state index in [9.17, 15) is 4.79 Å². The van der Waals surface area contributed by atoms with E-state index in [0.29, 0.717) is 25.5 Å². The molecule has 0 aromatic carbocycles. The molecule has 9 nitrogen and oxygen atoms in total. The predicted octanol–water partition coefficient (Wildman–Crippen LogP) is -0.258. The molecule has 0 aliphatic carbocycles. The fourth-order valence-electron chi connectivity index (χ4n) is 2.74. The second-order valence-corrected chi connectivity index (χ2v) is 5.27. The molecule has 1 amide bonds. The van der Waals surface area contributed by atoms with Gasteiger partial charge in [0.05, 0.1) is 12.6 Å². The highest BCUT2D eigenvalue weighted by Gasteiger charge is 2.28. The molecule has 1 atom stereocenters. The van der Waals surface area contributed by atoms with E-state index in [1.165, 1.54) is 0 Å². The Bertz CT molecular complexity index is 658. The van der Waals surface area contributed by atoms with E-state index in [4.69, 9.17) is 4.52 Å². The number of carbonyl (C=O) groups excluding carboxylic acids is 1. The van der Waals surface area contributed by atoms with E-state index in [2.05, 4.69) is 25.7 Å².